The van der Waals surface area contributed by atoms with E-state index in [0.29, 0.717) is 5.56 Å². The van der Waals surface area contributed by atoms with E-state index in [9.17, 15) is 9.59 Å². The number of pyridine rings is 1. The van der Waals surface area contributed by atoms with Crippen LogP contribution in [0.2, 0.25) is 0 Å². The molecule has 5 nitrogen and oxygen atoms in total. The van der Waals surface area contributed by atoms with E-state index in [0.717, 1.165) is 9.37 Å². The number of hydrazine groups is 1. The van der Waals surface area contributed by atoms with Crippen LogP contribution in [0.5, 0.6) is 0 Å². The van der Waals surface area contributed by atoms with Crippen molar-refractivity contribution < 1.29 is 9.59 Å². The molecule has 1 heterocycles. The Kier molecular flexibility index (Phi) is 5.77. The van der Waals surface area contributed by atoms with Gasteiger partial charge in [0.15, 0.2) is 0 Å². The molecule has 0 aliphatic carbocycles. The third-order valence-corrected chi connectivity index (χ3v) is 3.98. The fourth-order valence-electron chi connectivity index (χ4n) is 1.42. The summed E-state index contributed by atoms with van der Waals surface area (Å²) in [7, 11) is 0. The topological polar surface area (TPSA) is 71.1 Å². The number of halogens is 1. The molecule has 2 aromatic rings. The zero-order valence-corrected chi connectivity index (χ0v) is 13.3. The third kappa shape index (κ3) is 5.20. The molecule has 21 heavy (non-hydrogen) atoms. The van der Waals surface area contributed by atoms with Gasteiger partial charge in [0, 0.05) is 27.3 Å². The summed E-state index contributed by atoms with van der Waals surface area (Å²) in [5.41, 5.74) is 5.23. The number of nitrogens with one attached hydrogen (secondary N) is 2. The number of hydrogen-bond donors (Lipinski definition) is 2. The van der Waals surface area contributed by atoms with Gasteiger partial charge in [-0.3, -0.25) is 25.4 Å². The third-order valence-electron chi connectivity index (χ3n) is 2.44. The molecule has 2 amide bonds. The Bertz CT molecular complexity index is 620. The van der Waals surface area contributed by atoms with Crippen LogP contribution < -0.4 is 10.9 Å². The van der Waals surface area contributed by atoms with Gasteiger partial charge < -0.3 is 0 Å². The van der Waals surface area contributed by atoms with Crippen molar-refractivity contribution in [3.05, 3.63) is 58.8 Å². The van der Waals surface area contributed by atoms with E-state index in [2.05, 4.69) is 31.8 Å². The lowest BCUT2D eigenvalue weighted by Gasteiger charge is -2.07. The molecule has 0 saturated carbocycles. The summed E-state index contributed by atoms with van der Waals surface area (Å²) in [4.78, 5) is 28.3. The smallest absolute Gasteiger partial charge is 0.269 e. The van der Waals surface area contributed by atoms with E-state index < -0.39 is 0 Å². The van der Waals surface area contributed by atoms with Crippen molar-refractivity contribution in [3.63, 3.8) is 0 Å². The Morgan fingerprint density at radius 2 is 1.71 bits per heavy atom. The molecule has 2 N–H and O–H groups in total. The van der Waals surface area contributed by atoms with Gasteiger partial charge >= 0.3 is 0 Å². The minimum absolute atomic E-state index is 0.213. The number of hydrogen-bond acceptors (Lipinski definition) is 4. The van der Waals surface area contributed by atoms with Crippen LogP contribution in [-0.2, 0) is 4.79 Å². The summed E-state index contributed by atoms with van der Waals surface area (Å²) >= 11 is 4.66. The van der Waals surface area contributed by atoms with Crippen LogP contribution in [0, 0.1) is 0 Å². The molecule has 0 atom stereocenters. The Morgan fingerprint density at radius 3 is 2.38 bits per heavy atom. The van der Waals surface area contributed by atoms with Crippen LogP contribution in [-0.4, -0.2) is 22.6 Å². The van der Waals surface area contributed by atoms with Crippen LogP contribution in [0.4, 0.5) is 0 Å². The van der Waals surface area contributed by atoms with Crippen LogP contribution in [0.15, 0.2) is 58.2 Å². The minimum Gasteiger partial charge on any atom is -0.272 e. The molecule has 2 rings (SSSR count). The van der Waals surface area contributed by atoms with Gasteiger partial charge in [0.1, 0.15) is 0 Å². The molecule has 0 saturated heterocycles. The van der Waals surface area contributed by atoms with E-state index in [-0.39, 0.29) is 17.6 Å². The van der Waals surface area contributed by atoms with E-state index in [1.807, 2.05) is 12.1 Å². The first-order valence-corrected chi connectivity index (χ1v) is 7.80. The number of carbonyl (C=O) groups excluding carboxylic acids is 2. The number of carbonyl (C=O) groups is 2. The van der Waals surface area contributed by atoms with Crippen molar-refractivity contribution in [2.75, 3.05) is 5.75 Å². The van der Waals surface area contributed by atoms with E-state index in [1.54, 1.807) is 36.7 Å². The highest BCUT2D eigenvalue weighted by Crippen LogP contribution is 2.15. The van der Waals surface area contributed by atoms with Gasteiger partial charge in [-0.15, -0.1) is 11.8 Å². The van der Waals surface area contributed by atoms with E-state index in [1.165, 1.54) is 11.8 Å². The first kappa shape index (κ1) is 15.5. The average molecular weight is 366 g/mol. The summed E-state index contributed by atoms with van der Waals surface area (Å²) in [5.74, 6) is -0.419. The molecular weight excluding hydrogens is 354 g/mol. The highest BCUT2D eigenvalue weighted by atomic mass is 79.9. The monoisotopic (exact) mass is 365 g/mol. The average Bonchev–Trinajstić information content (AvgIpc) is 2.52. The van der Waals surface area contributed by atoms with Crippen molar-refractivity contribution in [2.24, 2.45) is 0 Å². The molecule has 0 aliphatic rings. The summed E-state index contributed by atoms with van der Waals surface area (Å²) < 4.78 is 0.886. The number of aromatic nitrogens is 1. The number of rotatable bonds is 4. The van der Waals surface area contributed by atoms with Gasteiger partial charge in [-0.1, -0.05) is 15.9 Å². The van der Waals surface area contributed by atoms with Gasteiger partial charge in [0.2, 0.25) is 5.91 Å². The Balaban J connectivity index is 1.76. The number of thioether (sulfide) groups is 1. The minimum atomic E-state index is -0.357. The molecule has 0 spiro atoms. The lowest BCUT2D eigenvalue weighted by molar-refractivity contribution is -0.119. The maximum absolute atomic E-state index is 11.8. The van der Waals surface area contributed by atoms with Crippen molar-refractivity contribution in [2.45, 2.75) is 4.90 Å². The Hall–Kier alpha value is -1.86. The SMILES string of the molecule is O=C(CSc1ccncc1)NNC(=O)c1ccc(Br)cc1. The van der Waals surface area contributed by atoms with Crippen molar-refractivity contribution in [1.82, 2.24) is 15.8 Å². The summed E-state index contributed by atoms with van der Waals surface area (Å²) in [5, 5.41) is 0. The quantitative estimate of drug-likeness (QED) is 0.644. The van der Waals surface area contributed by atoms with Crippen molar-refractivity contribution in [1.29, 1.82) is 0 Å². The molecule has 108 valence electrons. The summed E-state index contributed by atoms with van der Waals surface area (Å²) in [6.45, 7) is 0. The van der Waals surface area contributed by atoms with Gasteiger partial charge in [-0.25, -0.2) is 0 Å². The van der Waals surface area contributed by atoms with Crippen LogP contribution >= 0.6 is 27.7 Å². The predicted molar refractivity (Wildman–Crippen MR) is 84.7 cm³/mol. The molecular formula is C14H12BrN3O2S. The second-order valence-corrected chi connectivity index (χ2v) is 5.95. The standard InChI is InChI=1S/C14H12BrN3O2S/c15-11-3-1-10(2-4-11)14(20)18-17-13(19)9-21-12-5-7-16-8-6-12/h1-8H,9H2,(H,17,19)(H,18,20). The fourth-order valence-corrected chi connectivity index (χ4v) is 2.37. The second kappa shape index (κ2) is 7.80. The van der Waals surface area contributed by atoms with Gasteiger partial charge in [-0.2, -0.15) is 0 Å². The maximum Gasteiger partial charge on any atom is 0.269 e. The van der Waals surface area contributed by atoms with Crippen LogP contribution in [0.3, 0.4) is 0 Å². The zero-order valence-electron chi connectivity index (χ0n) is 10.9. The highest BCUT2D eigenvalue weighted by Gasteiger charge is 2.07. The van der Waals surface area contributed by atoms with Crippen LogP contribution in [0.25, 0.3) is 0 Å². The normalized spacial score (nSPS) is 9.95. The number of amides is 2. The lowest BCUT2D eigenvalue weighted by Crippen LogP contribution is -2.42. The molecule has 0 unspecified atom stereocenters. The predicted octanol–water partition coefficient (Wildman–Crippen LogP) is 2.40. The van der Waals surface area contributed by atoms with Crippen molar-refractivity contribution in [3.8, 4) is 0 Å². The Morgan fingerprint density at radius 1 is 1.05 bits per heavy atom. The molecule has 1 aromatic heterocycles. The van der Waals surface area contributed by atoms with Crippen LogP contribution in [0.1, 0.15) is 10.4 Å². The number of nitrogens with zero attached hydrogens (tertiary/aromatic N) is 1. The first-order chi connectivity index (χ1) is 10.1. The fraction of sp³-hybridized carbons (Fsp3) is 0.0714. The summed E-state index contributed by atoms with van der Waals surface area (Å²) in [6, 6.07) is 10.5. The second-order valence-electron chi connectivity index (χ2n) is 3.98. The highest BCUT2D eigenvalue weighted by molar-refractivity contribution is 9.10. The Labute approximate surface area is 134 Å². The van der Waals surface area contributed by atoms with E-state index in [4.69, 9.17) is 0 Å². The largest absolute Gasteiger partial charge is 0.272 e. The molecule has 0 aliphatic heterocycles. The number of benzene rings is 1. The van der Waals surface area contributed by atoms with E-state index >= 15 is 0 Å². The molecule has 0 bridgehead atoms. The summed E-state index contributed by atoms with van der Waals surface area (Å²) in [6.07, 6.45) is 3.32. The van der Waals surface area contributed by atoms with Crippen molar-refractivity contribution >= 4 is 39.5 Å². The first-order valence-electron chi connectivity index (χ1n) is 6.03. The zero-order chi connectivity index (χ0) is 15.1. The van der Waals surface area contributed by atoms with Gasteiger partial charge in [0.05, 0.1) is 5.75 Å². The maximum atomic E-state index is 11.8. The molecule has 0 fully saturated rings. The van der Waals surface area contributed by atoms with Gasteiger partial charge in [0.25, 0.3) is 5.91 Å². The molecule has 7 heteroatoms. The lowest BCUT2D eigenvalue weighted by atomic mass is 10.2. The molecule has 0 radical (unpaired) electrons. The molecule has 1 aromatic carbocycles. The van der Waals surface area contributed by atoms with Gasteiger partial charge in [-0.05, 0) is 36.4 Å².